The summed E-state index contributed by atoms with van der Waals surface area (Å²) in [4.78, 5) is 24.8. The molecule has 0 heterocycles. The van der Waals surface area contributed by atoms with Gasteiger partial charge >= 0.3 is 0 Å². The summed E-state index contributed by atoms with van der Waals surface area (Å²) in [6, 6.07) is 5.61. The van der Waals surface area contributed by atoms with Gasteiger partial charge < -0.3 is 4.90 Å². The van der Waals surface area contributed by atoms with Crippen LogP contribution in [0.25, 0.3) is 0 Å². The van der Waals surface area contributed by atoms with Crippen LogP contribution in [0.2, 0.25) is 0 Å². The highest BCUT2D eigenvalue weighted by atomic mass is 32.2. The van der Waals surface area contributed by atoms with Gasteiger partial charge in [0.15, 0.2) is 5.78 Å². The number of carbonyl (C=O) groups excluding carboxylic acids is 2. The average Bonchev–Trinajstić information content (AvgIpc) is 2.49. The Labute approximate surface area is 144 Å². The summed E-state index contributed by atoms with van der Waals surface area (Å²) in [6.45, 7) is 7.93. The van der Waals surface area contributed by atoms with Gasteiger partial charge in [-0.05, 0) is 30.9 Å². The molecule has 0 saturated carbocycles. The maximum Gasteiger partial charge on any atom is 0.241 e. The summed E-state index contributed by atoms with van der Waals surface area (Å²) in [7, 11) is -2.13. The first-order valence-electron chi connectivity index (χ1n) is 7.77. The summed E-state index contributed by atoms with van der Waals surface area (Å²) in [6.07, 6.45) is 0.828. The van der Waals surface area contributed by atoms with Crippen LogP contribution in [0.4, 0.5) is 0 Å². The first-order chi connectivity index (χ1) is 10.9. The smallest absolute Gasteiger partial charge is 0.241 e. The van der Waals surface area contributed by atoms with Crippen molar-refractivity contribution in [3.63, 3.8) is 0 Å². The van der Waals surface area contributed by atoms with Crippen molar-refractivity contribution in [3.8, 4) is 0 Å². The van der Waals surface area contributed by atoms with Crippen LogP contribution < -0.4 is 4.72 Å². The highest BCUT2D eigenvalue weighted by Crippen LogP contribution is 2.18. The topological polar surface area (TPSA) is 83.5 Å². The van der Waals surface area contributed by atoms with E-state index in [4.69, 9.17) is 0 Å². The van der Waals surface area contributed by atoms with E-state index in [9.17, 15) is 18.0 Å². The Balaban J connectivity index is 2.64. The van der Waals surface area contributed by atoms with Gasteiger partial charge in [-0.25, -0.2) is 13.1 Å². The second kappa shape index (κ2) is 7.90. The predicted octanol–water partition coefficient (Wildman–Crippen LogP) is 2.06. The van der Waals surface area contributed by atoms with Gasteiger partial charge in [-0.3, -0.25) is 9.59 Å². The monoisotopic (exact) mass is 354 g/mol. The molecule has 0 aliphatic heterocycles. The number of nitrogens with zero attached hydrogens (tertiary/aromatic N) is 1. The minimum absolute atomic E-state index is 0.0256. The minimum atomic E-state index is -3.78. The summed E-state index contributed by atoms with van der Waals surface area (Å²) in [5.74, 6) is -0.425. The van der Waals surface area contributed by atoms with E-state index in [1.165, 1.54) is 36.1 Å². The number of benzene rings is 1. The SMILES string of the molecule is CC(=O)c1ccc(S(=O)(=O)NCC(=O)N(C)CCC(C)(C)C)cc1. The predicted molar refractivity (Wildman–Crippen MR) is 93.3 cm³/mol. The molecule has 0 spiro atoms. The number of rotatable bonds is 7. The molecule has 134 valence electrons. The summed E-state index contributed by atoms with van der Waals surface area (Å²) >= 11 is 0. The van der Waals surface area contributed by atoms with Crippen LogP contribution in [0, 0.1) is 5.41 Å². The maximum absolute atomic E-state index is 12.2. The first kappa shape index (κ1) is 20.3. The lowest BCUT2D eigenvalue weighted by Crippen LogP contribution is -2.39. The van der Waals surface area contributed by atoms with Gasteiger partial charge in [0, 0.05) is 19.2 Å². The highest BCUT2D eigenvalue weighted by Gasteiger charge is 2.19. The number of sulfonamides is 1. The largest absolute Gasteiger partial charge is 0.345 e. The fraction of sp³-hybridized carbons (Fsp3) is 0.529. The highest BCUT2D eigenvalue weighted by molar-refractivity contribution is 7.89. The molecule has 1 aromatic carbocycles. The van der Waals surface area contributed by atoms with Crippen LogP contribution in [0.15, 0.2) is 29.2 Å². The molecule has 0 aliphatic rings. The Morgan fingerprint density at radius 2 is 1.67 bits per heavy atom. The Kier molecular flexibility index (Phi) is 6.68. The lowest BCUT2D eigenvalue weighted by molar-refractivity contribution is -0.128. The van der Waals surface area contributed by atoms with Crippen molar-refractivity contribution in [2.24, 2.45) is 5.41 Å². The fourth-order valence-electron chi connectivity index (χ4n) is 1.87. The molecule has 0 aromatic heterocycles. The number of hydrogen-bond acceptors (Lipinski definition) is 4. The summed E-state index contributed by atoms with van der Waals surface area (Å²) in [5.41, 5.74) is 0.541. The molecular weight excluding hydrogens is 328 g/mol. The molecule has 0 atom stereocenters. The zero-order valence-corrected chi connectivity index (χ0v) is 15.7. The first-order valence-corrected chi connectivity index (χ1v) is 9.25. The van der Waals surface area contributed by atoms with E-state index < -0.39 is 10.0 Å². The zero-order chi connectivity index (χ0) is 18.5. The molecule has 0 aliphatic carbocycles. The van der Waals surface area contributed by atoms with E-state index in [0.717, 1.165) is 6.42 Å². The molecule has 0 fully saturated rings. The Morgan fingerprint density at radius 3 is 2.12 bits per heavy atom. The zero-order valence-electron chi connectivity index (χ0n) is 14.9. The van der Waals surface area contributed by atoms with E-state index >= 15 is 0 Å². The standard InChI is InChI=1S/C17H26N2O4S/c1-13(20)14-6-8-15(9-7-14)24(22,23)18-12-16(21)19(5)11-10-17(2,3)4/h6-9,18H,10-12H2,1-5H3. The third-order valence-corrected chi connectivity index (χ3v) is 5.02. The van der Waals surface area contributed by atoms with Crippen molar-refractivity contribution in [2.45, 2.75) is 39.0 Å². The Bertz CT molecular complexity index is 688. The normalized spacial score (nSPS) is 12.0. The van der Waals surface area contributed by atoms with Crippen molar-refractivity contribution >= 4 is 21.7 Å². The molecule has 24 heavy (non-hydrogen) atoms. The van der Waals surface area contributed by atoms with Gasteiger partial charge in [-0.2, -0.15) is 0 Å². The Hall–Kier alpha value is -1.73. The molecule has 0 unspecified atom stereocenters. The Morgan fingerprint density at radius 1 is 1.12 bits per heavy atom. The van der Waals surface area contributed by atoms with E-state index in [0.29, 0.717) is 12.1 Å². The van der Waals surface area contributed by atoms with Gasteiger partial charge in [0.2, 0.25) is 15.9 Å². The number of likely N-dealkylation sites (N-methyl/N-ethyl adjacent to an activating group) is 1. The van der Waals surface area contributed by atoms with Gasteiger partial charge in [0.25, 0.3) is 0 Å². The van der Waals surface area contributed by atoms with Crippen LogP contribution in [-0.4, -0.2) is 45.1 Å². The van der Waals surface area contributed by atoms with Gasteiger partial charge in [-0.15, -0.1) is 0 Å². The fourth-order valence-corrected chi connectivity index (χ4v) is 2.85. The van der Waals surface area contributed by atoms with Gasteiger partial charge in [-0.1, -0.05) is 32.9 Å². The number of Topliss-reactive ketones (excluding diaryl/α,β-unsaturated/α-hetero) is 1. The molecule has 0 saturated heterocycles. The molecule has 0 bridgehead atoms. The molecular formula is C17H26N2O4S. The number of carbonyl (C=O) groups is 2. The molecule has 1 aromatic rings. The molecule has 1 N–H and O–H groups in total. The van der Waals surface area contributed by atoms with Crippen LogP contribution in [0.3, 0.4) is 0 Å². The number of amides is 1. The summed E-state index contributed by atoms with van der Waals surface area (Å²) < 4.78 is 26.7. The van der Waals surface area contributed by atoms with Crippen LogP contribution in [0.1, 0.15) is 44.5 Å². The minimum Gasteiger partial charge on any atom is -0.345 e. The molecule has 7 heteroatoms. The quantitative estimate of drug-likeness (QED) is 0.760. The molecule has 1 amide bonds. The van der Waals surface area contributed by atoms with Crippen molar-refractivity contribution in [1.82, 2.24) is 9.62 Å². The lowest BCUT2D eigenvalue weighted by Gasteiger charge is -2.23. The van der Waals surface area contributed by atoms with Crippen LogP contribution >= 0.6 is 0 Å². The number of ketones is 1. The lowest BCUT2D eigenvalue weighted by atomic mass is 9.92. The van der Waals surface area contributed by atoms with E-state index in [1.54, 1.807) is 7.05 Å². The maximum atomic E-state index is 12.2. The molecule has 0 radical (unpaired) electrons. The van der Waals surface area contributed by atoms with Crippen LogP contribution in [-0.2, 0) is 14.8 Å². The van der Waals surface area contributed by atoms with E-state index in [2.05, 4.69) is 25.5 Å². The van der Waals surface area contributed by atoms with Crippen molar-refractivity contribution < 1.29 is 18.0 Å². The average molecular weight is 354 g/mol. The van der Waals surface area contributed by atoms with Crippen molar-refractivity contribution in [2.75, 3.05) is 20.1 Å². The molecule has 1 rings (SSSR count). The third kappa shape index (κ3) is 6.41. The third-order valence-electron chi connectivity index (χ3n) is 3.61. The van der Waals surface area contributed by atoms with Crippen LogP contribution in [0.5, 0.6) is 0 Å². The van der Waals surface area contributed by atoms with Gasteiger partial charge in [0.1, 0.15) is 0 Å². The number of hydrogen-bond donors (Lipinski definition) is 1. The van der Waals surface area contributed by atoms with Crippen molar-refractivity contribution in [1.29, 1.82) is 0 Å². The second-order valence-corrected chi connectivity index (χ2v) is 8.80. The number of nitrogens with one attached hydrogen (secondary N) is 1. The second-order valence-electron chi connectivity index (χ2n) is 7.03. The van der Waals surface area contributed by atoms with E-state index in [-0.39, 0.29) is 28.5 Å². The van der Waals surface area contributed by atoms with E-state index in [1.807, 2.05) is 0 Å². The van der Waals surface area contributed by atoms with Crippen molar-refractivity contribution in [3.05, 3.63) is 29.8 Å². The van der Waals surface area contributed by atoms with Gasteiger partial charge in [0.05, 0.1) is 11.4 Å². The molecule has 6 nitrogen and oxygen atoms in total. The summed E-state index contributed by atoms with van der Waals surface area (Å²) in [5, 5.41) is 0.